The van der Waals surface area contributed by atoms with Crippen LogP contribution in [0, 0.1) is 11.8 Å². The number of amides is 1. The molecule has 5 nitrogen and oxygen atoms in total. The maximum Gasteiger partial charge on any atom is 0.308 e. The Kier molecular flexibility index (Phi) is 6.03. The molecule has 0 aromatic carbocycles. The molecule has 0 aromatic rings. The van der Waals surface area contributed by atoms with Gasteiger partial charge in [-0.1, -0.05) is 6.42 Å². The number of primary amides is 1. The highest BCUT2D eigenvalue weighted by Gasteiger charge is 2.31. The van der Waals surface area contributed by atoms with Crippen LogP contribution in [0.5, 0.6) is 0 Å². The fourth-order valence-corrected chi connectivity index (χ4v) is 3.69. The van der Waals surface area contributed by atoms with Crippen molar-refractivity contribution < 1.29 is 14.3 Å². The number of hydrogen-bond donors (Lipinski definition) is 2. The van der Waals surface area contributed by atoms with E-state index >= 15 is 0 Å². The first-order chi connectivity index (χ1) is 10.1. The summed E-state index contributed by atoms with van der Waals surface area (Å²) >= 11 is 0. The van der Waals surface area contributed by atoms with Crippen LogP contribution in [0.3, 0.4) is 0 Å². The lowest BCUT2D eigenvalue weighted by atomic mass is 9.82. The van der Waals surface area contributed by atoms with Gasteiger partial charge in [-0.05, 0) is 51.9 Å². The van der Waals surface area contributed by atoms with Crippen molar-refractivity contribution in [3.05, 3.63) is 0 Å². The molecule has 0 heterocycles. The Labute approximate surface area is 127 Å². The summed E-state index contributed by atoms with van der Waals surface area (Å²) in [4.78, 5) is 23.0. The zero-order valence-corrected chi connectivity index (χ0v) is 13.0. The maximum atomic E-state index is 11.9. The molecule has 0 radical (unpaired) electrons. The highest BCUT2D eigenvalue weighted by Crippen LogP contribution is 2.29. The number of rotatable bonds is 5. The first-order valence-corrected chi connectivity index (χ1v) is 8.32. The standard InChI is InChI=1S/C16H28N2O3/c1-2-21-16(20)12-4-3-5-14(10-12)18-13-8-6-11(7-9-13)15(17)19/h11-14,18H,2-10H2,1H3,(H2,17,19). The van der Waals surface area contributed by atoms with Crippen LogP contribution in [0.4, 0.5) is 0 Å². The monoisotopic (exact) mass is 296 g/mol. The summed E-state index contributed by atoms with van der Waals surface area (Å²) in [5.41, 5.74) is 5.37. The Balaban J connectivity index is 1.75. The Morgan fingerprint density at radius 1 is 1.05 bits per heavy atom. The van der Waals surface area contributed by atoms with Crippen molar-refractivity contribution in [2.75, 3.05) is 6.61 Å². The van der Waals surface area contributed by atoms with Crippen LogP contribution in [0.25, 0.3) is 0 Å². The number of nitrogens with two attached hydrogens (primary N) is 1. The van der Waals surface area contributed by atoms with E-state index in [4.69, 9.17) is 10.5 Å². The van der Waals surface area contributed by atoms with Crippen molar-refractivity contribution >= 4 is 11.9 Å². The van der Waals surface area contributed by atoms with Crippen molar-refractivity contribution in [3.63, 3.8) is 0 Å². The van der Waals surface area contributed by atoms with Gasteiger partial charge in [0.05, 0.1) is 12.5 Å². The van der Waals surface area contributed by atoms with E-state index in [1.165, 1.54) is 0 Å². The smallest absolute Gasteiger partial charge is 0.308 e. The van der Waals surface area contributed by atoms with Gasteiger partial charge >= 0.3 is 5.97 Å². The molecule has 2 rings (SSSR count). The van der Waals surface area contributed by atoms with Crippen LogP contribution in [0.2, 0.25) is 0 Å². The Morgan fingerprint density at radius 2 is 1.76 bits per heavy atom. The lowest BCUT2D eigenvalue weighted by molar-refractivity contribution is -0.149. The number of nitrogens with one attached hydrogen (secondary N) is 1. The summed E-state index contributed by atoms with van der Waals surface area (Å²) in [5, 5.41) is 3.68. The molecular weight excluding hydrogens is 268 g/mol. The van der Waals surface area contributed by atoms with Crippen LogP contribution in [-0.2, 0) is 14.3 Å². The highest BCUT2D eigenvalue weighted by molar-refractivity contribution is 5.76. The van der Waals surface area contributed by atoms with Gasteiger partial charge in [0.25, 0.3) is 0 Å². The van der Waals surface area contributed by atoms with Gasteiger partial charge in [0, 0.05) is 18.0 Å². The molecule has 21 heavy (non-hydrogen) atoms. The van der Waals surface area contributed by atoms with Crippen LogP contribution < -0.4 is 11.1 Å². The van der Waals surface area contributed by atoms with Crippen molar-refractivity contribution in [3.8, 4) is 0 Å². The van der Waals surface area contributed by atoms with Gasteiger partial charge in [-0.25, -0.2) is 0 Å². The van der Waals surface area contributed by atoms with Crippen molar-refractivity contribution in [1.82, 2.24) is 5.32 Å². The predicted molar refractivity (Wildman–Crippen MR) is 80.5 cm³/mol. The molecule has 1 amide bonds. The zero-order valence-electron chi connectivity index (χ0n) is 13.0. The zero-order chi connectivity index (χ0) is 15.2. The lowest BCUT2D eigenvalue weighted by Gasteiger charge is -2.34. The molecule has 0 aliphatic heterocycles. The molecule has 0 aromatic heterocycles. The summed E-state index contributed by atoms with van der Waals surface area (Å²) in [6.07, 6.45) is 7.84. The fraction of sp³-hybridized carbons (Fsp3) is 0.875. The lowest BCUT2D eigenvalue weighted by Crippen LogP contribution is -2.44. The van der Waals surface area contributed by atoms with Crippen LogP contribution in [-0.4, -0.2) is 30.6 Å². The number of carbonyl (C=O) groups is 2. The van der Waals surface area contributed by atoms with Gasteiger partial charge in [-0.2, -0.15) is 0 Å². The normalized spacial score (nSPS) is 33.4. The molecule has 2 unspecified atom stereocenters. The van der Waals surface area contributed by atoms with E-state index in [-0.39, 0.29) is 23.7 Å². The second kappa shape index (κ2) is 7.78. The number of esters is 1. The van der Waals surface area contributed by atoms with Gasteiger partial charge in [0.15, 0.2) is 0 Å². The highest BCUT2D eigenvalue weighted by atomic mass is 16.5. The molecule has 120 valence electrons. The second-order valence-corrected chi connectivity index (χ2v) is 6.43. The molecular formula is C16H28N2O3. The van der Waals surface area contributed by atoms with Crippen LogP contribution >= 0.6 is 0 Å². The van der Waals surface area contributed by atoms with Gasteiger partial charge in [0.1, 0.15) is 0 Å². The quantitative estimate of drug-likeness (QED) is 0.757. The molecule has 0 saturated heterocycles. The second-order valence-electron chi connectivity index (χ2n) is 6.43. The van der Waals surface area contributed by atoms with Crippen LogP contribution in [0.1, 0.15) is 58.3 Å². The number of hydrogen-bond acceptors (Lipinski definition) is 4. The van der Waals surface area contributed by atoms with Crippen molar-refractivity contribution in [2.24, 2.45) is 17.6 Å². The van der Waals surface area contributed by atoms with E-state index in [1.807, 2.05) is 6.92 Å². The average molecular weight is 296 g/mol. The van der Waals surface area contributed by atoms with Crippen molar-refractivity contribution in [2.45, 2.75) is 70.4 Å². The molecule has 0 spiro atoms. The summed E-state index contributed by atoms with van der Waals surface area (Å²) in [6, 6.07) is 0.870. The summed E-state index contributed by atoms with van der Waals surface area (Å²) in [5.74, 6) is -0.0882. The van der Waals surface area contributed by atoms with E-state index in [2.05, 4.69) is 5.32 Å². The Hall–Kier alpha value is -1.10. The van der Waals surface area contributed by atoms with E-state index < -0.39 is 0 Å². The molecule has 5 heteroatoms. The third kappa shape index (κ3) is 4.70. The Morgan fingerprint density at radius 3 is 2.38 bits per heavy atom. The van der Waals surface area contributed by atoms with Crippen LogP contribution in [0.15, 0.2) is 0 Å². The summed E-state index contributed by atoms with van der Waals surface area (Å²) in [6.45, 7) is 2.32. The molecule has 3 N–H and O–H groups in total. The third-order valence-corrected chi connectivity index (χ3v) is 4.90. The van der Waals surface area contributed by atoms with Crippen molar-refractivity contribution in [1.29, 1.82) is 0 Å². The maximum absolute atomic E-state index is 11.9. The molecule has 2 aliphatic rings. The predicted octanol–water partition coefficient (Wildman–Crippen LogP) is 1.74. The molecule has 2 aliphatic carbocycles. The van der Waals surface area contributed by atoms with Gasteiger partial charge in [-0.15, -0.1) is 0 Å². The molecule has 0 bridgehead atoms. The van der Waals surface area contributed by atoms with E-state index in [0.717, 1.165) is 51.4 Å². The Bertz CT molecular complexity index is 365. The molecule has 2 saturated carbocycles. The van der Waals surface area contributed by atoms with E-state index in [1.54, 1.807) is 0 Å². The minimum Gasteiger partial charge on any atom is -0.466 e. The largest absolute Gasteiger partial charge is 0.466 e. The summed E-state index contributed by atoms with van der Waals surface area (Å²) < 4.78 is 5.14. The summed E-state index contributed by atoms with van der Waals surface area (Å²) in [7, 11) is 0. The molecule has 2 fully saturated rings. The number of ether oxygens (including phenoxy) is 1. The van der Waals surface area contributed by atoms with Gasteiger partial charge < -0.3 is 15.8 Å². The van der Waals surface area contributed by atoms with Gasteiger partial charge in [-0.3, -0.25) is 9.59 Å². The minimum atomic E-state index is -0.159. The van der Waals surface area contributed by atoms with E-state index in [0.29, 0.717) is 18.7 Å². The van der Waals surface area contributed by atoms with E-state index in [9.17, 15) is 9.59 Å². The third-order valence-electron chi connectivity index (χ3n) is 4.90. The first kappa shape index (κ1) is 16.3. The average Bonchev–Trinajstić information content (AvgIpc) is 2.48. The fourth-order valence-electron chi connectivity index (χ4n) is 3.69. The topological polar surface area (TPSA) is 81.4 Å². The molecule has 2 atom stereocenters. The number of carbonyl (C=O) groups excluding carboxylic acids is 2. The SMILES string of the molecule is CCOC(=O)C1CCCC(NC2CCC(C(N)=O)CC2)C1. The first-order valence-electron chi connectivity index (χ1n) is 8.32. The minimum absolute atomic E-state index is 0.0403. The van der Waals surface area contributed by atoms with Gasteiger partial charge in [0.2, 0.25) is 5.91 Å².